The Balaban J connectivity index is 0.000000191. The minimum absolute atomic E-state index is 0. The van der Waals surface area contributed by atoms with E-state index in [1.165, 1.54) is 70.1 Å². The van der Waals surface area contributed by atoms with Gasteiger partial charge in [-0.05, 0) is 74.9 Å². The van der Waals surface area contributed by atoms with Gasteiger partial charge in [0, 0.05) is 97.7 Å². The Kier molecular flexibility index (Phi) is 16.5. The van der Waals surface area contributed by atoms with Crippen LogP contribution in [0.5, 0.6) is 0 Å². The Morgan fingerprint density at radius 3 is 1.08 bits per heavy atom. The van der Waals surface area contributed by atoms with Gasteiger partial charge < -0.3 is 9.80 Å². The molecule has 4 heterocycles. The van der Waals surface area contributed by atoms with Crippen LogP contribution >= 0.6 is 24.8 Å². The molecule has 2 fully saturated rings. The van der Waals surface area contributed by atoms with E-state index in [0.717, 1.165) is 48.6 Å². The van der Waals surface area contributed by atoms with Crippen molar-refractivity contribution in [2.75, 3.05) is 50.1 Å². The molecule has 0 bridgehead atoms. The van der Waals surface area contributed by atoms with Crippen LogP contribution in [0.2, 0.25) is 0 Å². The number of nitrogens with zero attached hydrogens (tertiary/aromatic N) is 6. The Morgan fingerprint density at radius 1 is 0.424 bits per heavy atom. The normalized spacial score (nSPS) is 15.7. The molecule has 0 aliphatic carbocycles. The molecule has 8 heteroatoms. The van der Waals surface area contributed by atoms with E-state index in [-0.39, 0.29) is 24.8 Å². The van der Waals surface area contributed by atoms with Crippen LogP contribution < -0.4 is 9.80 Å². The highest BCUT2D eigenvalue weighted by atomic mass is 35.5. The molecule has 340 valence electrons. The molecule has 8 aromatic rings. The number of halogens is 2. The van der Waals surface area contributed by atoms with Gasteiger partial charge >= 0.3 is 0 Å². The quantitative estimate of drug-likeness (QED) is 0.136. The first-order chi connectivity index (χ1) is 31.4. The van der Waals surface area contributed by atoms with Crippen molar-refractivity contribution in [1.29, 1.82) is 0 Å². The van der Waals surface area contributed by atoms with Crippen molar-refractivity contribution in [2.45, 2.75) is 63.7 Å². The van der Waals surface area contributed by atoms with Crippen LogP contribution in [0.1, 0.15) is 62.7 Å². The van der Waals surface area contributed by atoms with Crippen molar-refractivity contribution in [3.63, 3.8) is 0 Å². The second-order valence-corrected chi connectivity index (χ2v) is 17.7. The van der Waals surface area contributed by atoms with Gasteiger partial charge in [-0.25, -0.2) is 9.97 Å². The number of fused-ring (bicyclic) bond motifs is 2. The minimum atomic E-state index is 0. The molecule has 0 saturated carbocycles. The van der Waals surface area contributed by atoms with Crippen molar-refractivity contribution in [3.8, 4) is 22.5 Å². The van der Waals surface area contributed by atoms with Gasteiger partial charge in [0.25, 0.3) is 0 Å². The molecule has 2 aromatic heterocycles. The van der Waals surface area contributed by atoms with Gasteiger partial charge in [0.15, 0.2) is 0 Å². The first kappa shape index (κ1) is 48.2. The van der Waals surface area contributed by atoms with Crippen molar-refractivity contribution >= 4 is 58.0 Å². The zero-order chi connectivity index (χ0) is 43.8. The highest BCUT2D eigenvalue weighted by molar-refractivity contribution is 5.95. The maximum Gasteiger partial charge on any atom is 0.0730 e. The van der Waals surface area contributed by atoms with Crippen LogP contribution in [-0.4, -0.2) is 72.1 Å². The monoisotopic (exact) mass is 914 g/mol. The second-order valence-electron chi connectivity index (χ2n) is 17.7. The Morgan fingerprint density at radius 2 is 0.727 bits per heavy atom. The molecule has 0 N–H and O–H groups in total. The lowest BCUT2D eigenvalue weighted by Gasteiger charge is -2.40. The van der Waals surface area contributed by atoms with E-state index < -0.39 is 0 Å². The van der Waals surface area contributed by atoms with Crippen molar-refractivity contribution < 1.29 is 0 Å². The summed E-state index contributed by atoms with van der Waals surface area (Å²) < 4.78 is 0. The zero-order valence-corrected chi connectivity index (χ0v) is 40.4. The van der Waals surface area contributed by atoms with E-state index in [4.69, 9.17) is 9.97 Å². The average Bonchev–Trinajstić information content (AvgIpc) is 3.38. The third-order valence-corrected chi connectivity index (χ3v) is 14.0. The summed E-state index contributed by atoms with van der Waals surface area (Å²) >= 11 is 0. The first-order valence-corrected chi connectivity index (χ1v) is 23.4. The fourth-order valence-corrected chi connectivity index (χ4v) is 10.0. The largest absolute Gasteiger partial charge is 0.371 e. The highest BCUT2D eigenvalue weighted by Gasteiger charge is 2.29. The van der Waals surface area contributed by atoms with Crippen LogP contribution in [-0.2, 0) is 0 Å². The molecule has 2 aliphatic rings. The number of anilines is 2. The maximum atomic E-state index is 4.97. The van der Waals surface area contributed by atoms with Crippen LogP contribution in [0, 0.1) is 0 Å². The number of likely N-dealkylation sites (tertiary alicyclic amines) is 2. The number of aromatic nitrogens is 2. The first-order valence-electron chi connectivity index (χ1n) is 23.4. The van der Waals surface area contributed by atoms with E-state index in [1.807, 2.05) is 0 Å². The van der Waals surface area contributed by atoms with Gasteiger partial charge in [0.1, 0.15) is 0 Å². The summed E-state index contributed by atoms with van der Waals surface area (Å²) in [6.45, 7) is 9.17. The van der Waals surface area contributed by atoms with E-state index >= 15 is 0 Å². The molecule has 2 unspecified atom stereocenters. The summed E-state index contributed by atoms with van der Waals surface area (Å²) in [7, 11) is 4.52. The second kappa shape index (κ2) is 22.6. The molecule has 2 atom stereocenters. The zero-order valence-electron chi connectivity index (χ0n) is 38.8. The van der Waals surface area contributed by atoms with E-state index in [0.29, 0.717) is 24.2 Å². The highest BCUT2D eigenvalue weighted by Crippen LogP contribution is 2.36. The Labute approximate surface area is 405 Å². The van der Waals surface area contributed by atoms with E-state index in [1.54, 1.807) is 0 Å². The fourth-order valence-electron chi connectivity index (χ4n) is 10.0. The van der Waals surface area contributed by atoms with Crippen LogP contribution in [0.4, 0.5) is 11.4 Å². The number of hydrogen-bond acceptors (Lipinski definition) is 6. The lowest BCUT2D eigenvalue weighted by atomic mass is 9.98. The van der Waals surface area contributed by atoms with E-state index in [2.05, 4.69) is 230 Å². The van der Waals surface area contributed by atoms with Crippen LogP contribution in [0.25, 0.3) is 44.3 Å². The SMILES string of the molecule is CC(c1ccccc1)N1CCC(N(C)c2cc(-c3ccccc3)nc3ccccc23)CC1.CC(c1ccccc1)N1CCC(N(C)c2cc(-c3ccccc3)nc3ccccc23)CC1.Cl.Cl. The molecule has 0 spiro atoms. The van der Waals surface area contributed by atoms with Gasteiger partial charge in [0.05, 0.1) is 22.4 Å². The molecule has 0 amide bonds. The lowest BCUT2D eigenvalue weighted by molar-refractivity contribution is 0.162. The minimum Gasteiger partial charge on any atom is -0.371 e. The summed E-state index contributed by atoms with van der Waals surface area (Å²) in [5.41, 5.74) is 11.9. The molecule has 6 aromatic carbocycles. The molecule has 0 radical (unpaired) electrons. The van der Waals surface area contributed by atoms with Gasteiger partial charge in [-0.1, -0.05) is 158 Å². The smallest absolute Gasteiger partial charge is 0.0730 e. The molecule has 2 aliphatic heterocycles. The average molecular weight is 916 g/mol. The Hall–Kier alpha value is -5.76. The number of rotatable bonds is 10. The van der Waals surface area contributed by atoms with E-state index in [9.17, 15) is 0 Å². The summed E-state index contributed by atoms with van der Waals surface area (Å²) in [5, 5.41) is 2.46. The molecule has 10 rings (SSSR count). The maximum absolute atomic E-state index is 4.97. The van der Waals surface area contributed by atoms with Gasteiger partial charge in [-0.2, -0.15) is 0 Å². The van der Waals surface area contributed by atoms with Crippen molar-refractivity contribution in [2.24, 2.45) is 0 Å². The molecule has 66 heavy (non-hydrogen) atoms. The van der Waals surface area contributed by atoms with Crippen LogP contribution in [0.3, 0.4) is 0 Å². The summed E-state index contributed by atoms with van der Waals surface area (Å²) in [6.07, 6.45) is 4.69. The molecular formula is C58H64Cl2N6. The lowest BCUT2D eigenvalue weighted by Crippen LogP contribution is -2.44. The molecule has 2 saturated heterocycles. The van der Waals surface area contributed by atoms with Crippen molar-refractivity contribution in [1.82, 2.24) is 19.8 Å². The number of pyridine rings is 2. The summed E-state index contributed by atoms with van der Waals surface area (Å²) in [5.74, 6) is 0. The Bertz CT molecular complexity index is 2530. The number of benzene rings is 6. The number of para-hydroxylation sites is 2. The molecule has 6 nitrogen and oxygen atoms in total. The number of hydrogen-bond donors (Lipinski definition) is 0. The van der Waals surface area contributed by atoms with Crippen molar-refractivity contribution in [3.05, 3.63) is 193 Å². The van der Waals surface area contributed by atoms with Crippen LogP contribution in [0.15, 0.2) is 182 Å². The van der Waals surface area contributed by atoms with Gasteiger partial charge in [-0.15, -0.1) is 24.8 Å². The predicted octanol–water partition coefficient (Wildman–Crippen LogP) is 14.0. The topological polar surface area (TPSA) is 38.7 Å². The third-order valence-electron chi connectivity index (χ3n) is 14.0. The van der Waals surface area contributed by atoms with Gasteiger partial charge in [0.2, 0.25) is 0 Å². The number of piperidine rings is 2. The van der Waals surface area contributed by atoms with Gasteiger partial charge in [-0.3, -0.25) is 9.80 Å². The molecular weight excluding hydrogens is 852 g/mol. The summed E-state index contributed by atoms with van der Waals surface area (Å²) in [4.78, 5) is 20.2. The predicted molar refractivity (Wildman–Crippen MR) is 285 cm³/mol. The summed E-state index contributed by atoms with van der Waals surface area (Å²) in [6, 6.07) is 66.4. The fraction of sp³-hybridized carbons (Fsp3) is 0.276. The standard InChI is InChI=1S/2C29H31N3.2ClH/c2*1-22(23-11-5-3-6-12-23)32-19-17-25(18-20-32)31(2)29-21-28(24-13-7-4-8-14-24)30-27-16-10-9-15-26(27)29;;/h2*3-16,21-22,25H,17-20H2,1-2H3;2*1H. The third kappa shape index (κ3) is 10.9.